The van der Waals surface area contributed by atoms with Gasteiger partial charge in [0.1, 0.15) is 17.2 Å². The predicted molar refractivity (Wildman–Crippen MR) is 102 cm³/mol. The van der Waals surface area contributed by atoms with Crippen LogP contribution in [0.1, 0.15) is 0 Å². The van der Waals surface area contributed by atoms with E-state index in [1.807, 2.05) is 0 Å². The molecule has 27 heavy (non-hydrogen) atoms. The van der Waals surface area contributed by atoms with Crippen molar-refractivity contribution in [3.63, 3.8) is 0 Å². The maximum absolute atomic E-state index is 12.2. The van der Waals surface area contributed by atoms with Gasteiger partial charge in [0, 0.05) is 6.07 Å². The summed E-state index contributed by atoms with van der Waals surface area (Å²) in [5, 5.41) is 19.9. The Kier molecular flexibility index (Phi) is 5.82. The minimum Gasteiger partial charge on any atom is -0.507 e. The van der Waals surface area contributed by atoms with Gasteiger partial charge < -0.3 is 19.9 Å². The van der Waals surface area contributed by atoms with Crippen molar-refractivity contribution in [2.24, 2.45) is 0 Å². The Bertz CT molecular complexity index is 945. The van der Waals surface area contributed by atoms with Crippen LogP contribution >= 0.6 is 11.8 Å². The lowest BCUT2D eigenvalue weighted by molar-refractivity contribution is -0.113. The van der Waals surface area contributed by atoms with E-state index in [2.05, 4.69) is 20.5 Å². The summed E-state index contributed by atoms with van der Waals surface area (Å²) in [4.78, 5) is 16.5. The number of anilines is 1. The summed E-state index contributed by atoms with van der Waals surface area (Å²) >= 11 is 1.18. The molecule has 9 heteroatoms. The number of hydrogen-bond donors (Lipinski definition) is 3. The number of para-hydroxylation sites is 1. The normalized spacial score (nSPS) is 10.4. The highest BCUT2D eigenvalue weighted by molar-refractivity contribution is 7.99. The minimum absolute atomic E-state index is 0.106. The molecule has 0 saturated carbocycles. The highest BCUT2D eigenvalue weighted by Crippen LogP contribution is 2.30. The molecule has 1 heterocycles. The first-order chi connectivity index (χ1) is 13.1. The number of nitrogens with one attached hydrogen (secondary N) is 2. The molecular formula is C18H18N4O4S. The molecule has 3 N–H and O–H groups in total. The maximum atomic E-state index is 12.2. The van der Waals surface area contributed by atoms with Crippen molar-refractivity contribution < 1.29 is 19.4 Å². The van der Waals surface area contributed by atoms with Crippen LogP contribution in [0.5, 0.6) is 17.2 Å². The van der Waals surface area contributed by atoms with E-state index in [9.17, 15) is 9.90 Å². The van der Waals surface area contributed by atoms with Crippen LogP contribution in [0.2, 0.25) is 0 Å². The second-order valence-electron chi connectivity index (χ2n) is 5.39. The van der Waals surface area contributed by atoms with Crippen molar-refractivity contribution in [1.29, 1.82) is 0 Å². The van der Waals surface area contributed by atoms with Crippen molar-refractivity contribution in [3.05, 3.63) is 42.5 Å². The number of nitrogens with zero attached hydrogens (tertiary/aromatic N) is 2. The lowest BCUT2D eigenvalue weighted by atomic mass is 10.2. The van der Waals surface area contributed by atoms with Crippen LogP contribution < -0.4 is 14.8 Å². The van der Waals surface area contributed by atoms with E-state index in [0.29, 0.717) is 33.7 Å². The van der Waals surface area contributed by atoms with Gasteiger partial charge in [0.05, 0.1) is 31.2 Å². The highest BCUT2D eigenvalue weighted by Gasteiger charge is 2.13. The number of benzene rings is 2. The van der Waals surface area contributed by atoms with Crippen LogP contribution in [0.25, 0.3) is 11.4 Å². The second-order valence-corrected chi connectivity index (χ2v) is 6.33. The van der Waals surface area contributed by atoms with E-state index in [-0.39, 0.29) is 17.4 Å². The van der Waals surface area contributed by atoms with Crippen LogP contribution in [0.4, 0.5) is 5.69 Å². The molecular weight excluding hydrogens is 368 g/mol. The van der Waals surface area contributed by atoms with Crippen LogP contribution in [0.3, 0.4) is 0 Å². The zero-order chi connectivity index (χ0) is 19.2. The van der Waals surface area contributed by atoms with E-state index in [0.717, 1.165) is 0 Å². The third-order valence-electron chi connectivity index (χ3n) is 3.64. The van der Waals surface area contributed by atoms with E-state index >= 15 is 0 Å². The minimum atomic E-state index is -0.225. The molecule has 0 fully saturated rings. The van der Waals surface area contributed by atoms with E-state index in [1.54, 1.807) is 49.6 Å². The fourth-order valence-electron chi connectivity index (χ4n) is 2.32. The fraction of sp³-hybridized carbons (Fsp3) is 0.167. The Morgan fingerprint density at radius 1 is 1.22 bits per heavy atom. The molecule has 0 aliphatic rings. The molecule has 0 saturated heterocycles. The number of carbonyl (C=O) groups excluding carboxylic acids is 1. The summed E-state index contributed by atoms with van der Waals surface area (Å²) < 4.78 is 10.4. The fourth-order valence-corrected chi connectivity index (χ4v) is 2.92. The Labute approximate surface area is 159 Å². The Morgan fingerprint density at radius 3 is 2.78 bits per heavy atom. The van der Waals surface area contributed by atoms with Crippen molar-refractivity contribution in [3.8, 4) is 28.6 Å². The first-order valence-corrected chi connectivity index (χ1v) is 8.94. The van der Waals surface area contributed by atoms with Gasteiger partial charge in [-0.05, 0) is 24.3 Å². The smallest absolute Gasteiger partial charge is 0.234 e. The van der Waals surface area contributed by atoms with Gasteiger partial charge in [0.25, 0.3) is 0 Å². The van der Waals surface area contributed by atoms with Gasteiger partial charge in [0.2, 0.25) is 11.1 Å². The number of carbonyl (C=O) groups is 1. The summed E-state index contributed by atoms with van der Waals surface area (Å²) in [5.41, 5.74) is 1.10. The number of ether oxygens (including phenoxy) is 2. The molecule has 0 atom stereocenters. The van der Waals surface area contributed by atoms with E-state index in [1.165, 1.54) is 18.9 Å². The largest absolute Gasteiger partial charge is 0.507 e. The number of aromatic hydroxyl groups is 1. The Morgan fingerprint density at radius 2 is 2.04 bits per heavy atom. The molecule has 3 rings (SSSR count). The number of phenolic OH excluding ortho intramolecular Hbond substituents is 1. The molecule has 140 valence electrons. The molecule has 1 amide bonds. The monoisotopic (exact) mass is 386 g/mol. The standard InChI is InChI=1S/C18H18N4O4S/c1-25-11-7-8-13(15(9-11)26-2)19-16(24)10-27-18-20-17(21-22-18)12-5-3-4-6-14(12)23/h3-9,23H,10H2,1-2H3,(H,19,24)(H,20,21,22). The molecule has 1 aromatic heterocycles. The van der Waals surface area contributed by atoms with Crippen molar-refractivity contribution in [1.82, 2.24) is 15.2 Å². The molecule has 0 radical (unpaired) electrons. The lowest BCUT2D eigenvalue weighted by Crippen LogP contribution is -2.14. The molecule has 0 bridgehead atoms. The number of aromatic nitrogens is 3. The molecule has 0 aliphatic carbocycles. The number of rotatable bonds is 7. The number of amides is 1. The van der Waals surface area contributed by atoms with Crippen LogP contribution in [-0.4, -0.2) is 46.2 Å². The predicted octanol–water partition coefficient (Wildman–Crippen LogP) is 2.93. The molecule has 0 unspecified atom stereocenters. The van der Waals surface area contributed by atoms with Crippen molar-refractivity contribution in [2.75, 3.05) is 25.3 Å². The summed E-state index contributed by atoms with van der Waals surface area (Å²) in [7, 11) is 3.08. The Balaban J connectivity index is 1.61. The number of phenols is 1. The summed E-state index contributed by atoms with van der Waals surface area (Å²) in [6.07, 6.45) is 0. The second kappa shape index (κ2) is 8.45. The van der Waals surface area contributed by atoms with E-state index < -0.39 is 0 Å². The van der Waals surface area contributed by atoms with Crippen LogP contribution in [-0.2, 0) is 4.79 Å². The molecule has 2 aromatic carbocycles. The van der Waals surface area contributed by atoms with Gasteiger partial charge >= 0.3 is 0 Å². The van der Waals surface area contributed by atoms with Crippen LogP contribution in [0, 0.1) is 0 Å². The third-order valence-corrected chi connectivity index (χ3v) is 4.49. The third kappa shape index (κ3) is 4.50. The topological polar surface area (TPSA) is 109 Å². The number of aromatic amines is 1. The molecule has 8 nitrogen and oxygen atoms in total. The van der Waals surface area contributed by atoms with Gasteiger partial charge in [-0.1, -0.05) is 23.9 Å². The summed E-state index contributed by atoms with van der Waals surface area (Å²) in [6.45, 7) is 0. The van der Waals surface area contributed by atoms with Gasteiger partial charge in [-0.25, -0.2) is 4.98 Å². The average Bonchev–Trinajstić information content (AvgIpc) is 3.16. The van der Waals surface area contributed by atoms with Gasteiger partial charge in [-0.15, -0.1) is 5.10 Å². The zero-order valence-corrected chi connectivity index (χ0v) is 15.5. The van der Waals surface area contributed by atoms with E-state index in [4.69, 9.17) is 9.47 Å². The lowest BCUT2D eigenvalue weighted by Gasteiger charge is -2.11. The maximum Gasteiger partial charge on any atom is 0.234 e. The summed E-state index contributed by atoms with van der Waals surface area (Å²) in [5.74, 6) is 1.58. The number of methoxy groups -OCH3 is 2. The zero-order valence-electron chi connectivity index (χ0n) is 14.7. The first-order valence-electron chi connectivity index (χ1n) is 7.96. The number of thioether (sulfide) groups is 1. The molecule has 3 aromatic rings. The summed E-state index contributed by atoms with van der Waals surface area (Å²) in [6, 6.07) is 12.0. The number of H-pyrrole nitrogens is 1. The van der Waals surface area contributed by atoms with Crippen LogP contribution in [0.15, 0.2) is 47.6 Å². The van der Waals surface area contributed by atoms with Crippen molar-refractivity contribution >= 4 is 23.4 Å². The van der Waals surface area contributed by atoms with Gasteiger partial charge in [0.15, 0.2) is 5.82 Å². The SMILES string of the molecule is COc1ccc(NC(=O)CSc2n[nH]c(-c3ccccc3O)n2)c(OC)c1. The van der Waals surface area contributed by atoms with Gasteiger partial charge in [-0.3, -0.25) is 9.89 Å². The number of hydrogen-bond acceptors (Lipinski definition) is 7. The van der Waals surface area contributed by atoms with Gasteiger partial charge in [-0.2, -0.15) is 0 Å². The molecule has 0 spiro atoms. The van der Waals surface area contributed by atoms with Crippen molar-refractivity contribution in [2.45, 2.75) is 5.16 Å². The quantitative estimate of drug-likeness (QED) is 0.536. The average molecular weight is 386 g/mol. The highest BCUT2D eigenvalue weighted by atomic mass is 32.2. The Hall–Kier alpha value is -3.20. The molecule has 0 aliphatic heterocycles. The first kappa shape index (κ1) is 18.6.